The van der Waals surface area contributed by atoms with Crippen LogP contribution in [0.25, 0.3) is 0 Å². The largest absolute Gasteiger partial charge is 0.328 e. The quantitative estimate of drug-likeness (QED) is 0.239. The first kappa shape index (κ1) is 22.4. The molecule has 0 unspecified atom stereocenters. The molecule has 0 amide bonds. The summed E-state index contributed by atoms with van der Waals surface area (Å²) in [6, 6.07) is 0. The van der Waals surface area contributed by atoms with Crippen LogP contribution in [0.4, 0.5) is 0 Å². The zero-order valence-electron chi connectivity index (χ0n) is 5.71. The van der Waals surface area contributed by atoms with E-state index in [2.05, 4.69) is 0 Å². The molecule has 75 valence electrons. The van der Waals surface area contributed by atoms with Crippen LogP contribution in [0.3, 0.4) is 0 Å². The third-order valence-corrected chi connectivity index (χ3v) is 0. The van der Waals surface area contributed by atoms with Crippen molar-refractivity contribution in [3.05, 3.63) is 30.3 Å². The average Bonchev–Trinajstić information content (AvgIpc) is 1.54. The Morgan fingerprint density at radius 2 is 0.692 bits per heavy atom. The third kappa shape index (κ3) is 104. The van der Waals surface area contributed by atoms with Crippen molar-refractivity contribution < 1.29 is 30.9 Å². The molecule has 0 aromatic heterocycles. The van der Waals surface area contributed by atoms with Crippen LogP contribution < -0.4 is 0 Å². The molecule has 0 saturated heterocycles. The molecule has 0 aromatic rings. The lowest BCUT2D eigenvalue weighted by atomic mass is 10.8. The van der Waals surface area contributed by atoms with Crippen LogP contribution in [0.5, 0.6) is 0 Å². The molecule has 3 radical (unpaired) electrons. The zero-order chi connectivity index (χ0) is 10.7. The molecule has 0 saturated carbocycles. The van der Waals surface area contributed by atoms with Crippen LogP contribution in [0, 0.1) is 30.3 Å². The van der Waals surface area contributed by atoms with Crippen LogP contribution in [-0.4, -0.2) is 39.3 Å². The minimum atomic E-state index is -1.50. The molecule has 0 aliphatic carbocycles. The van der Waals surface area contributed by atoms with Gasteiger partial charge in [-0.1, -0.05) is 0 Å². The predicted molar refractivity (Wildman–Crippen MR) is 32.1 cm³/mol. The molecule has 0 bridgehead atoms. The molecule has 0 fully saturated rings. The fourth-order valence-corrected chi connectivity index (χ4v) is 0. The maximum Gasteiger partial charge on any atom is 0.291 e. The van der Waals surface area contributed by atoms with Crippen molar-refractivity contribution in [2.24, 2.45) is 0 Å². The van der Waals surface area contributed by atoms with Crippen molar-refractivity contribution in [2.45, 2.75) is 0 Å². The molecule has 13 heavy (non-hydrogen) atoms. The van der Waals surface area contributed by atoms with E-state index in [0.29, 0.717) is 0 Å². The highest BCUT2D eigenvalue weighted by Crippen LogP contribution is 1.39. The van der Waals surface area contributed by atoms with Gasteiger partial charge in [0.15, 0.2) is 0 Å². The van der Waals surface area contributed by atoms with Gasteiger partial charge in [0.2, 0.25) is 0 Å². The van der Waals surface area contributed by atoms with E-state index in [0.717, 1.165) is 0 Å². The highest BCUT2D eigenvalue weighted by molar-refractivity contribution is 5.75. The topological polar surface area (TPSA) is 190 Å². The van der Waals surface area contributed by atoms with Crippen molar-refractivity contribution in [3.63, 3.8) is 0 Å². The lowest BCUT2D eigenvalue weighted by Gasteiger charge is -1.56. The Kier molecular flexibility index (Phi) is 28.2. The van der Waals surface area contributed by atoms with E-state index in [1.807, 2.05) is 0 Å². The van der Waals surface area contributed by atoms with E-state index in [1.54, 1.807) is 0 Å². The second-order valence-corrected chi connectivity index (χ2v) is 0.714. The monoisotopic (exact) mass is 200 g/mol. The fourth-order valence-electron chi connectivity index (χ4n) is 0. The Balaban J connectivity index is -0.0000000450. The van der Waals surface area contributed by atoms with Gasteiger partial charge in [-0.25, -0.2) is 0 Å². The standard InChI is InChI=1S/B.3HNO3/c;3*2-1(3)4/h;3*(H,2,3,4). The van der Waals surface area contributed by atoms with E-state index in [9.17, 15) is 0 Å². The SMILES string of the molecule is O=[N+]([O-])O.O=[N+]([O-])O.O=[N+]([O-])O.[B]. The summed E-state index contributed by atoms with van der Waals surface area (Å²) in [7, 11) is 0. The molecule has 0 heterocycles. The van der Waals surface area contributed by atoms with Gasteiger partial charge in [0.1, 0.15) is 0 Å². The summed E-state index contributed by atoms with van der Waals surface area (Å²) < 4.78 is 0. The molecule has 0 aliphatic heterocycles. The number of nitrogens with zero attached hydrogens (tertiary/aromatic N) is 3. The highest BCUT2D eigenvalue weighted by atomic mass is 16.9. The van der Waals surface area contributed by atoms with Gasteiger partial charge in [0, 0.05) is 8.41 Å². The van der Waals surface area contributed by atoms with Crippen molar-refractivity contribution in [3.8, 4) is 0 Å². The summed E-state index contributed by atoms with van der Waals surface area (Å²) in [5.74, 6) is 0. The van der Waals surface area contributed by atoms with Gasteiger partial charge in [-0.05, 0) is 0 Å². The maximum absolute atomic E-state index is 8.36. The van der Waals surface area contributed by atoms with Crippen molar-refractivity contribution in [1.82, 2.24) is 0 Å². The van der Waals surface area contributed by atoms with Gasteiger partial charge in [-0.3, -0.25) is 0 Å². The molecule has 0 rings (SSSR count). The lowest BCUT2D eigenvalue weighted by Crippen LogP contribution is -1.81. The molecular weight excluding hydrogens is 197 g/mol. The molecule has 0 atom stereocenters. The lowest BCUT2D eigenvalue weighted by molar-refractivity contribution is -0.742. The van der Waals surface area contributed by atoms with Gasteiger partial charge < -0.3 is 15.6 Å². The summed E-state index contributed by atoms with van der Waals surface area (Å²) in [5, 5.41) is 40.9. The van der Waals surface area contributed by atoms with Crippen molar-refractivity contribution in [2.75, 3.05) is 0 Å². The van der Waals surface area contributed by atoms with E-state index in [4.69, 9.17) is 46.0 Å². The Hall–Kier alpha value is -2.34. The van der Waals surface area contributed by atoms with Gasteiger partial charge in [0.25, 0.3) is 15.3 Å². The Labute approximate surface area is 70.9 Å². The van der Waals surface area contributed by atoms with Crippen LogP contribution in [0.15, 0.2) is 0 Å². The van der Waals surface area contributed by atoms with E-state index < -0.39 is 15.3 Å². The highest BCUT2D eigenvalue weighted by Gasteiger charge is 1.66. The fraction of sp³-hybridized carbons (Fsp3) is 0. The van der Waals surface area contributed by atoms with Gasteiger partial charge in [0.05, 0.1) is 0 Å². The summed E-state index contributed by atoms with van der Waals surface area (Å²) >= 11 is 0. The number of rotatable bonds is 0. The van der Waals surface area contributed by atoms with E-state index in [-0.39, 0.29) is 8.41 Å². The Bertz CT molecular complexity index is 112. The molecule has 0 spiro atoms. The molecule has 13 heteroatoms. The van der Waals surface area contributed by atoms with Gasteiger partial charge in [-0.15, -0.1) is 30.3 Å². The predicted octanol–water partition coefficient (Wildman–Crippen LogP) is -1.42. The first-order valence-corrected chi connectivity index (χ1v) is 1.70. The third-order valence-electron chi connectivity index (χ3n) is 0. The first-order valence-electron chi connectivity index (χ1n) is 1.70. The normalized spacial score (nSPS) is 5.54. The van der Waals surface area contributed by atoms with Crippen molar-refractivity contribution in [1.29, 1.82) is 0 Å². The number of hydrogen-bond donors (Lipinski definition) is 3. The molecule has 12 nitrogen and oxygen atoms in total. The molecule has 0 aliphatic rings. The van der Waals surface area contributed by atoms with Gasteiger partial charge in [-0.2, -0.15) is 0 Å². The smallest absolute Gasteiger partial charge is 0.291 e. The van der Waals surface area contributed by atoms with Crippen LogP contribution >= 0.6 is 0 Å². The zero-order valence-corrected chi connectivity index (χ0v) is 5.71. The van der Waals surface area contributed by atoms with E-state index in [1.165, 1.54) is 0 Å². The van der Waals surface area contributed by atoms with Crippen LogP contribution in [0.1, 0.15) is 0 Å². The maximum atomic E-state index is 8.36. The molecular formula is H3BN3O9. The number of hydrogen-bond acceptors (Lipinski definition) is 6. The Morgan fingerprint density at radius 3 is 0.692 bits per heavy atom. The van der Waals surface area contributed by atoms with Crippen LogP contribution in [-0.2, 0) is 0 Å². The Morgan fingerprint density at radius 1 is 0.692 bits per heavy atom. The second kappa shape index (κ2) is 16.3. The molecule has 0 aromatic carbocycles. The molecule has 3 N–H and O–H groups in total. The summed E-state index contributed by atoms with van der Waals surface area (Å²) in [6.45, 7) is 0. The van der Waals surface area contributed by atoms with E-state index >= 15 is 0 Å². The second-order valence-electron chi connectivity index (χ2n) is 0.714. The van der Waals surface area contributed by atoms with Gasteiger partial charge >= 0.3 is 0 Å². The van der Waals surface area contributed by atoms with Crippen LogP contribution in [0.2, 0.25) is 0 Å². The first-order chi connectivity index (χ1) is 5.20. The summed E-state index contributed by atoms with van der Waals surface area (Å²) in [6.07, 6.45) is 0. The van der Waals surface area contributed by atoms with Crippen molar-refractivity contribution >= 4 is 8.41 Å². The summed E-state index contributed by atoms with van der Waals surface area (Å²) in [4.78, 5) is 25.1. The minimum Gasteiger partial charge on any atom is -0.328 e. The minimum absolute atomic E-state index is 0. The summed E-state index contributed by atoms with van der Waals surface area (Å²) in [5.41, 5.74) is 0. The average molecular weight is 200 g/mol.